The molecule has 1 aliphatic carbocycles. The van der Waals surface area contributed by atoms with Crippen LogP contribution in [0.2, 0.25) is 10.0 Å². The first-order chi connectivity index (χ1) is 17.9. The maximum atomic E-state index is 13.8. The molecule has 0 aromatic heterocycles. The molecule has 0 heterocycles. The van der Waals surface area contributed by atoms with Crippen LogP contribution in [0.5, 0.6) is 5.75 Å². The Morgan fingerprint density at radius 2 is 1.74 bits per heavy atom. The summed E-state index contributed by atoms with van der Waals surface area (Å²) in [6.07, 6.45) is 6.02. The predicted molar refractivity (Wildman–Crippen MR) is 151 cm³/mol. The highest BCUT2D eigenvalue weighted by molar-refractivity contribution is 7.92. The van der Waals surface area contributed by atoms with Crippen molar-refractivity contribution in [3.8, 4) is 5.75 Å². The molecule has 2 aromatic rings. The minimum Gasteiger partial charge on any atom is -0.495 e. The predicted octanol–water partition coefficient (Wildman–Crippen LogP) is 4.94. The van der Waals surface area contributed by atoms with E-state index in [0.717, 1.165) is 48.2 Å². The third-order valence-electron chi connectivity index (χ3n) is 6.79. The second-order valence-electron chi connectivity index (χ2n) is 9.69. The maximum absolute atomic E-state index is 13.8. The van der Waals surface area contributed by atoms with Gasteiger partial charge in [0.05, 0.1) is 19.1 Å². The monoisotopic (exact) mass is 583 g/mol. The molecule has 1 aliphatic rings. The Morgan fingerprint density at radius 3 is 2.32 bits per heavy atom. The van der Waals surface area contributed by atoms with Gasteiger partial charge in [0.2, 0.25) is 21.8 Å². The number of anilines is 1. The first-order valence-electron chi connectivity index (χ1n) is 12.6. The minimum atomic E-state index is -3.90. The molecule has 0 aliphatic heterocycles. The normalized spacial score (nSPS) is 15.0. The molecule has 1 fully saturated rings. The van der Waals surface area contributed by atoms with E-state index >= 15 is 0 Å². The molecular formula is C27H35Cl2N3O5S. The average Bonchev–Trinajstić information content (AvgIpc) is 2.86. The van der Waals surface area contributed by atoms with Crippen LogP contribution < -0.4 is 14.4 Å². The molecule has 0 unspecified atom stereocenters. The second-order valence-corrected chi connectivity index (χ2v) is 12.4. The summed E-state index contributed by atoms with van der Waals surface area (Å²) in [5.41, 5.74) is 1.50. The molecule has 208 valence electrons. The molecule has 1 atom stereocenters. The summed E-state index contributed by atoms with van der Waals surface area (Å²) in [5, 5.41) is 3.75. The highest BCUT2D eigenvalue weighted by Crippen LogP contribution is 2.32. The van der Waals surface area contributed by atoms with Crippen molar-refractivity contribution in [1.29, 1.82) is 0 Å². The summed E-state index contributed by atoms with van der Waals surface area (Å²) >= 11 is 12.8. The Bertz CT molecular complexity index is 1250. The Kier molecular flexibility index (Phi) is 10.3. The number of rotatable bonds is 10. The number of carbonyl (C=O) groups is 2. The summed E-state index contributed by atoms with van der Waals surface area (Å²) in [5.74, 6) is -0.591. The van der Waals surface area contributed by atoms with Crippen molar-refractivity contribution in [2.75, 3.05) is 24.2 Å². The zero-order chi connectivity index (χ0) is 28.0. The summed E-state index contributed by atoms with van der Waals surface area (Å²) in [6, 6.07) is 9.21. The van der Waals surface area contributed by atoms with Crippen molar-refractivity contribution in [2.45, 2.75) is 64.6 Å². The van der Waals surface area contributed by atoms with Gasteiger partial charge in [-0.15, -0.1) is 0 Å². The highest BCUT2D eigenvalue weighted by atomic mass is 35.5. The molecule has 0 saturated heterocycles. The van der Waals surface area contributed by atoms with Gasteiger partial charge in [0, 0.05) is 28.2 Å². The van der Waals surface area contributed by atoms with Crippen LogP contribution in [-0.2, 0) is 26.2 Å². The Labute approximate surface area is 235 Å². The third-order valence-corrected chi connectivity index (χ3v) is 8.63. The van der Waals surface area contributed by atoms with Crippen LogP contribution in [0.1, 0.15) is 50.2 Å². The minimum absolute atomic E-state index is 0.0450. The van der Waals surface area contributed by atoms with E-state index in [-0.39, 0.29) is 24.2 Å². The van der Waals surface area contributed by atoms with Crippen LogP contribution in [-0.4, -0.2) is 57.1 Å². The number of hydrogen-bond donors (Lipinski definition) is 1. The SMILES string of the molecule is COc1ccc(C)cc1N(CC(=O)N(Cc1c(Cl)cccc1Cl)[C@H](C)C(=O)NC1CCCCC1)S(C)(=O)=O. The van der Waals surface area contributed by atoms with E-state index in [2.05, 4.69) is 5.32 Å². The van der Waals surface area contributed by atoms with E-state index in [1.54, 1.807) is 43.3 Å². The van der Waals surface area contributed by atoms with Crippen LogP contribution in [0, 0.1) is 6.92 Å². The van der Waals surface area contributed by atoms with E-state index in [1.165, 1.54) is 12.0 Å². The molecule has 0 radical (unpaired) electrons. The van der Waals surface area contributed by atoms with E-state index < -0.39 is 28.5 Å². The number of nitrogens with zero attached hydrogens (tertiary/aromatic N) is 2. The summed E-state index contributed by atoms with van der Waals surface area (Å²) in [4.78, 5) is 28.5. The number of carbonyl (C=O) groups excluding carboxylic acids is 2. The molecule has 0 spiro atoms. The maximum Gasteiger partial charge on any atom is 0.244 e. The van der Waals surface area contributed by atoms with Crippen molar-refractivity contribution in [1.82, 2.24) is 10.2 Å². The molecule has 3 rings (SSSR count). The van der Waals surface area contributed by atoms with Crippen LogP contribution in [0.4, 0.5) is 5.69 Å². The molecule has 11 heteroatoms. The molecule has 1 N–H and O–H groups in total. The first kappa shape index (κ1) is 30.1. The number of methoxy groups -OCH3 is 1. The quantitative estimate of drug-likeness (QED) is 0.427. The number of nitrogens with one attached hydrogen (secondary N) is 1. The largest absolute Gasteiger partial charge is 0.495 e. The van der Waals surface area contributed by atoms with E-state index in [0.29, 0.717) is 21.4 Å². The molecular weight excluding hydrogens is 549 g/mol. The van der Waals surface area contributed by atoms with Gasteiger partial charge >= 0.3 is 0 Å². The highest BCUT2D eigenvalue weighted by Gasteiger charge is 2.32. The lowest BCUT2D eigenvalue weighted by atomic mass is 9.95. The zero-order valence-electron chi connectivity index (χ0n) is 22.2. The zero-order valence-corrected chi connectivity index (χ0v) is 24.5. The van der Waals surface area contributed by atoms with Crippen molar-refractivity contribution in [2.24, 2.45) is 0 Å². The van der Waals surface area contributed by atoms with Gasteiger partial charge in [-0.1, -0.05) is 54.6 Å². The number of ether oxygens (including phenoxy) is 1. The number of aryl methyl sites for hydroxylation is 1. The van der Waals surface area contributed by atoms with Gasteiger partial charge in [-0.05, 0) is 56.5 Å². The standard InChI is InChI=1S/C27H35Cl2N3O5S/c1-18-13-14-25(37-3)24(15-18)32(38(4,35)36)17-26(33)31(16-21-22(28)11-8-12-23(21)29)19(2)27(34)30-20-9-6-5-7-10-20/h8,11-15,19-20H,5-7,9-10,16-17H2,1-4H3,(H,30,34)/t19-/m1/s1. The van der Waals surface area contributed by atoms with E-state index in [4.69, 9.17) is 27.9 Å². The van der Waals surface area contributed by atoms with E-state index in [1.807, 2.05) is 6.92 Å². The van der Waals surface area contributed by atoms with Crippen LogP contribution in [0.3, 0.4) is 0 Å². The second kappa shape index (κ2) is 13.0. The Hall–Kier alpha value is -2.49. The average molecular weight is 585 g/mol. The summed E-state index contributed by atoms with van der Waals surface area (Å²) in [7, 11) is -2.47. The lowest BCUT2D eigenvalue weighted by Crippen LogP contribution is -2.53. The topological polar surface area (TPSA) is 96.0 Å². The Balaban J connectivity index is 1.96. The fourth-order valence-corrected chi connectivity index (χ4v) is 5.96. The number of sulfonamides is 1. The van der Waals surface area contributed by atoms with Crippen molar-refractivity contribution in [3.63, 3.8) is 0 Å². The first-order valence-corrected chi connectivity index (χ1v) is 15.2. The van der Waals surface area contributed by atoms with Gasteiger partial charge in [-0.2, -0.15) is 0 Å². The molecule has 1 saturated carbocycles. The molecule has 0 bridgehead atoms. The van der Waals surface area contributed by atoms with Gasteiger partial charge in [0.15, 0.2) is 0 Å². The molecule has 2 aromatic carbocycles. The summed E-state index contributed by atoms with van der Waals surface area (Å²) in [6.45, 7) is 2.83. The number of benzene rings is 2. The molecule has 38 heavy (non-hydrogen) atoms. The fourth-order valence-electron chi connectivity index (χ4n) is 4.59. The molecule has 8 nitrogen and oxygen atoms in total. The third kappa shape index (κ3) is 7.55. The lowest BCUT2D eigenvalue weighted by Gasteiger charge is -2.33. The van der Waals surface area contributed by atoms with Gasteiger partial charge in [-0.3, -0.25) is 13.9 Å². The van der Waals surface area contributed by atoms with Crippen LogP contribution >= 0.6 is 23.2 Å². The number of halogens is 2. The van der Waals surface area contributed by atoms with E-state index in [9.17, 15) is 18.0 Å². The van der Waals surface area contributed by atoms with Gasteiger partial charge in [0.25, 0.3) is 0 Å². The smallest absolute Gasteiger partial charge is 0.244 e. The van der Waals surface area contributed by atoms with Crippen molar-refractivity contribution in [3.05, 3.63) is 57.6 Å². The van der Waals surface area contributed by atoms with Gasteiger partial charge in [-0.25, -0.2) is 8.42 Å². The van der Waals surface area contributed by atoms with Crippen LogP contribution in [0.25, 0.3) is 0 Å². The van der Waals surface area contributed by atoms with Crippen molar-refractivity contribution >= 4 is 50.7 Å². The summed E-state index contributed by atoms with van der Waals surface area (Å²) < 4.78 is 32.1. The van der Waals surface area contributed by atoms with Crippen molar-refractivity contribution < 1.29 is 22.7 Å². The molecule has 2 amide bonds. The van der Waals surface area contributed by atoms with Gasteiger partial charge < -0.3 is 15.0 Å². The number of hydrogen-bond acceptors (Lipinski definition) is 5. The Morgan fingerprint density at radius 1 is 1.11 bits per heavy atom. The lowest BCUT2D eigenvalue weighted by molar-refractivity contribution is -0.139. The van der Waals surface area contributed by atoms with Gasteiger partial charge in [0.1, 0.15) is 18.3 Å². The number of amides is 2. The fraction of sp³-hybridized carbons (Fsp3) is 0.481. The van der Waals surface area contributed by atoms with Crippen LogP contribution in [0.15, 0.2) is 36.4 Å².